The molecule has 16 heavy (non-hydrogen) atoms. The standard InChI is InChI=1S/C12H27N3O/c1-10(2)8-11(15(4)5)9-14-12(16)6-7-13-3/h10-11,13H,6-9H2,1-5H3,(H,14,16). The third-order valence-electron chi connectivity index (χ3n) is 2.61. The molecule has 0 rings (SSSR count). The zero-order chi connectivity index (χ0) is 12.6. The average molecular weight is 229 g/mol. The highest BCUT2D eigenvalue weighted by Crippen LogP contribution is 2.07. The van der Waals surface area contributed by atoms with Gasteiger partial charge in [-0.05, 0) is 33.5 Å². The zero-order valence-corrected chi connectivity index (χ0v) is 11.3. The molecule has 0 bridgehead atoms. The number of rotatable bonds is 8. The topological polar surface area (TPSA) is 44.4 Å². The molecular weight excluding hydrogens is 202 g/mol. The third-order valence-corrected chi connectivity index (χ3v) is 2.61. The summed E-state index contributed by atoms with van der Waals surface area (Å²) in [6.07, 6.45) is 1.66. The van der Waals surface area contributed by atoms with Crippen molar-refractivity contribution in [2.75, 3.05) is 34.2 Å². The van der Waals surface area contributed by atoms with Crippen LogP contribution in [0.15, 0.2) is 0 Å². The van der Waals surface area contributed by atoms with E-state index in [1.54, 1.807) is 0 Å². The fourth-order valence-corrected chi connectivity index (χ4v) is 1.58. The lowest BCUT2D eigenvalue weighted by Gasteiger charge is -2.26. The molecule has 0 aliphatic carbocycles. The Balaban J connectivity index is 3.87. The first-order chi connectivity index (χ1) is 7.47. The van der Waals surface area contributed by atoms with Gasteiger partial charge in [-0.3, -0.25) is 4.79 Å². The van der Waals surface area contributed by atoms with E-state index in [1.807, 2.05) is 7.05 Å². The number of likely N-dealkylation sites (N-methyl/N-ethyl adjacent to an activating group) is 1. The van der Waals surface area contributed by atoms with Crippen molar-refractivity contribution < 1.29 is 4.79 Å². The van der Waals surface area contributed by atoms with Crippen LogP contribution in [0, 0.1) is 5.92 Å². The quantitative estimate of drug-likeness (QED) is 0.643. The lowest BCUT2D eigenvalue weighted by atomic mass is 10.0. The van der Waals surface area contributed by atoms with Gasteiger partial charge in [0, 0.05) is 25.6 Å². The summed E-state index contributed by atoms with van der Waals surface area (Å²) in [6.45, 7) is 5.90. The van der Waals surface area contributed by atoms with Gasteiger partial charge in [-0.25, -0.2) is 0 Å². The Kier molecular flexibility index (Phi) is 8.21. The van der Waals surface area contributed by atoms with Crippen LogP contribution >= 0.6 is 0 Å². The van der Waals surface area contributed by atoms with Crippen molar-refractivity contribution in [2.45, 2.75) is 32.7 Å². The molecule has 0 aromatic heterocycles. The van der Waals surface area contributed by atoms with Crippen LogP contribution in [0.4, 0.5) is 0 Å². The fraction of sp³-hybridized carbons (Fsp3) is 0.917. The maximum atomic E-state index is 11.4. The second-order valence-corrected chi connectivity index (χ2v) is 4.90. The van der Waals surface area contributed by atoms with Crippen molar-refractivity contribution in [2.24, 2.45) is 5.92 Å². The average Bonchev–Trinajstić information content (AvgIpc) is 2.20. The SMILES string of the molecule is CNCCC(=O)NCC(CC(C)C)N(C)C. The van der Waals surface area contributed by atoms with Crippen molar-refractivity contribution in [3.63, 3.8) is 0 Å². The molecule has 0 saturated heterocycles. The minimum atomic E-state index is 0.130. The van der Waals surface area contributed by atoms with Crippen molar-refractivity contribution >= 4 is 5.91 Å². The maximum absolute atomic E-state index is 11.4. The maximum Gasteiger partial charge on any atom is 0.221 e. The number of amides is 1. The number of nitrogens with one attached hydrogen (secondary N) is 2. The van der Waals surface area contributed by atoms with E-state index in [1.165, 1.54) is 0 Å². The van der Waals surface area contributed by atoms with Gasteiger partial charge in [0.2, 0.25) is 5.91 Å². The summed E-state index contributed by atoms with van der Waals surface area (Å²) in [5.74, 6) is 0.784. The summed E-state index contributed by atoms with van der Waals surface area (Å²) in [5, 5.41) is 5.95. The van der Waals surface area contributed by atoms with E-state index in [4.69, 9.17) is 0 Å². The molecule has 0 aromatic carbocycles. The lowest BCUT2D eigenvalue weighted by Crippen LogP contribution is -2.41. The fourth-order valence-electron chi connectivity index (χ4n) is 1.58. The van der Waals surface area contributed by atoms with Gasteiger partial charge < -0.3 is 15.5 Å². The second kappa shape index (κ2) is 8.53. The molecule has 1 amide bonds. The number of hydrogen-bond donors (Lipinski definition) is 2. The molecule has 0 fully saturated rings. The smallest absolute Gasteiger partial charge is 0.221 e. The monoisotopic (exact) mass is 229 g/mol. The van der Waals surface area contributed by atoms with E-state index in [0.717, 1.165) is 19.5 Å². The summed E-state index contributed by atoms with van der Waals surface area (Å²) in [5.41, 5.74) is 0. The number of nitrogens with zero attached hydrogens (tertiary/aromatic N) is 1. The van der Waals surface area contributed by atoms with Crippen LogP contribution in [0.1, 0.15) is 26.7 Å². The molecule has 0 aromatic rings. The molecule has 96 valence electrons. The van der Waals surface area contributed by atoms with Crippen LogP contribution < -0.4 is 10.6 Å². The molecule has 0 heterocycles. The van der Waals surface area contributed by atoms with Gasteiger partial charge in [0.1, 0.15) is 0 Å². The number of carbonyl (C=O) groups excluding carboxylic acids is 1. The normalized spacial score (nSPS) is 13.2. The van der Waals surface area contributed by atoms with Gasteiger partial charge >= 0.3 is 0 Å². The Bertz CT molecular complexity index is 193. The van der Waals surface area contributed by atoms with Crippen LogP contribution in [0.3, 0.4) is 0 Å². The Morgan fingerprint density at radius 3 is 2.38 bits per heavy atom. The molecular formula is C12H27N3O. The minimum absolute atomic E-state index is 0.130. The second-order valence-electron chi connectivity index (χ2n) is 4.90. The van der Waals surface area contributed by atoms with Gasteiger partial charge in [0.15, 0.2) is 0 Å². The molecule has 1 unspecified atom stereocenters. The highest BCUT2D eigenvalue weighted by molar-refractivity contribution is 5.76. The first kappa shape index (κ1) is 15.4. The molecule has 0 saturated carbocycles. The highest BCUT2D eigenvalue weighted by Gasteiger charge is 2.14. The van der Waals surface area contributed by atoms with Gasteiger partial charge in [-0.2, -0.15) is 0 Å². The molecule has 4 nitrogen and oxygen atoms in total. The Labute approximate surface area is 99.8 Å². The van der Waals surface area contributed by atoms with Crippen LogP contribution in [-0.2, 0) is 4.79 Å². The Morgan fingerprint density at radius 2 is 1.94 bits per heavy atom. The number of hydrogen-bond acceptors (Lipinski definition) is 3. The van der Waals surface area contributed by atoms with E-state index >= 15 is 0 Å². The van der Waals surface area contributed by atoms with E-state index in [9.17, 15) is 4.79 Å². The summed E-state index contributed by atoms with van der Waals surface area (Å²) < 4.78 is 0. The zero-order valence-electron chi connectivity index (χ0n) is 11.3. The van der Waals surface area contributed by atoms with Gasteiger partial charge in [0.25, 0.3) is 0 Å². The van der Waals surface area contributed by atoms with Crippen molar-refractivity contribution in [3.8, 4) is 0 Å². The molecule has 0 aliphatic rings. The van der Waals surface area contributed by atoms with E-state index in [2.05, 4.69) is 43.5 Å². The van der Waals surface area contributed by atoms with Gasteiger partial charge in [-0.15, -0.1) is 0 Å². The van der Waals surface area contributed by atoms with E-state index in [-0.39, 0.29) is 5.91 Å². The van der Waals surface area contributed by atoms with Crippen molar-refractivity contribution in [1.29, 1.82) is 0 Å². The number of carbonyl (C=O) groups is 1. The minimum Gasteiger partial charge on any atom is -0.354 e. The first-order valence-electron chi connectivity index (χ1n) is 6.05. The largest absolute Gasteiger partial charge is 0.354 e. The summed E-state index contributed by atoms with van der Waals surface area (Å²) in [4.78, 5) is 13.6. The summed E-state index contributed by atoms with van der Waals surface area (Å²) >= 11 is 0. The summed E-state index contributed by atoms with van der Waals surface area (Å²) in [6, 6.07) is 0.429. The van der Waals surface area contributed by atoms with E-state index in [0.29, 0.717) is 18.4 Å². The van der Waals surface area contributed by atoms with Gasteiger partial charge in [0.05, 0.1) is 0 Å². The lowest BCUT2D eigenvalue weighted by molar-refractivity contribution is -0.121. The van der Waals surface area contributed by atoms with Crippen LogP contribution in [0.25, 0.3) is 0 Å². The van der Waals surface area contributed by atoms with Crippen LogP contribution in [-0.4, -0.2) is 51.1 Å². The highest BCUT2D eigenvalue weighted by atomic mass is 16.1. The molecule has 0 aliphatic heterocycles. The Morgan fingerprint density at radius 1 is 1.31 bits per heavy atom. The summed E-state index contributed by atoms with van der Waals surface area (Å²) in [7, 11) is 5.98. The Hall–Kier alpha value is -0.610. The van der Waals surface area contributed by atoms with E-state index < -0.39 is 0 Å². The van der Waals surface area contributed by atoms with Gasteiger partial charge in [-0.1, -0.05) is 13.8 Å². The first-order valence-corrected chi connectivity index (χ1v) is 6.05. The third kappa shape index (κ3) is 7.65. The van der Waals surface area contributed by atoms with Crippen LogP contribution in [0.5, 0.6) is 0 Å². The predicted molar refractivity (Wildman–Crippen MR) is 68.5 cm³/mol. The van der Waals surface area contributed by atoms with Crippen LogP contribution in [0.2, 0.25) is 0 Å². The predicted octanol–water partition coefficient (Wildman–Crippen LogP) is 0.688. The molecule has 0 radical (unpaired) electrons. The molecule has 1 atom stereocenters. The molecule has 4 heteroatoms. The van der Waals surface area contributed by atoms with Crippen molar-refractivity contribution in [3.05, 3.63) is 0 Å². The molecule has 0 spiro atoms. The van der Waals surface area contributed by atoms with Crippen molar-refractivity contribution in [1.82, 2.24) is 15.5 Å². The molecule has 2 N–H and O–H groups in total.